The van der Waals surface area contributed by atoms with E-state index in [-0.39, 0.29) is 10.6 Å². The zero-order valence-corrected chi connectivity index (χ0v) is 13.1. The van der Waals surface area contributed by atoms with Crippen molar-refractivity contribution in [2.24, 2.45) is 5.73 Å². The Labute approximate surface area is 134 Å². The Morgan fingerprint density at radius 1 is 1.14 bits per heavy atom. The van der Waals surface area contributed by atoms with E-state index in [0.717, 1.165) is 5.52 Å². The monoisotopic (exact) mass is 365 g/mol. The van der Waals surface area contributed by atoms with Gasteiger partial charge in [-0.3, -0.25) is 4.98 Å². The van der Waals surface area contributed by atoms with E-state index in [1.54, 1.807) is 18.3 Å². The van der Waals surface area contributed by atoms with Crippen LogP contribution in [-0.2, 0) is 0 Å². The highest BCUT2D eigenvalue weighted by Gasteiger charge is 2.19. The van der Waals surface area contributed by atoms with Crippen LogP contribution >= 0.6 is 27.5 Å². The topological polar surface area (TPSA) is 51.8 Å². The molecule has 1 heterocycles. The second-order valence-corrected chi connectivity index (χ2v) is 5.76. The molecule has 0 fully saturated rings. The van der Waals surface area contributed by atoms with Crippen LogP contribution in [0, 0.1) is 5.82 Å². The van der Waals surface area contributed by atoms with E-state index < -0.39 is 11.9 Å². The van der Waals surface area contributed by atoms with Crippen molar-refractivity contribution < 1.29 is 4.39 Å². The first kappa shape index (κ1) is 14.4. The number of aromatic nitrogens is 2. The summed E-state index contributed by atoms with van der Waals surface area (Å²) in [6.45, 7) is 0. The largest absolute Gasteiger partial charge is 0.319 e. The van der Waals surface area contributed by atoms with Crippen LogP contribution < -0.4 is 5.73 Å². The molecular formula is C15H10BrClFN3. The van der Waals surface area contributed by atoms with Gasteiger partial charge in [-0.25, -0.2) is 9.37 Å². The van der Waals surface area contributed by atoms with E-state index in [1.165, 1.54) is 0 Å². The fourth-order valence-corrected chi connectivity index (χ4v) is 2.54. The molecule has 0 spiro atoms. The lowest BCUT2D eigenvalue weighted by atomic mass is 10.0. The number of hydrogen-bond acceptors (Lipinski definition) is 3. The fourth-order valence-electron chi connectivity index (χ4n) is 2.06. The predicted molar refractivity (Wildman–Crippen MR) is 84.7 cm³/mol. The van der Waals surface area contributed by atoms with Gasteiger partial charge < -0.3 is 5.73 Å². The Balaban J connectivity index is 2.08. The molecule has 0 bridgehead atoms. The van der Waals surface area contributed by atoms with Crippen LogP contribution in [0.4, 0.5) is 4.39 Å². The molecule has 0 aliphatic heterocycles. The van der Waals surface area contributed by atoms with Gasteiger partial charge in [-0.2, -0.15) is 0 Å². The fraction of sp³-hybridized carbons (Fsp3) is 0.0667. The molecule has 6 heteroatoms. The summed E-state index contributed by atoms with van der Waals surface area (Å²) in [7, 11) is 0. The summed E-state index contributed by atoms with van der Waals surface area (Å²) in [5, 5.41) is 0.0108. The molecule has 1 atom stereocenters. The van der Waals surface area contributed by atoms with E-state index in [4.69, 9.17) is 17.3 Å². The molecule has 2 aromatic carbocycles. The van der Waals surface area contributed by atoms with Crippen LogP contribution in [0.3, 0.4) is 0 Å². The van der Waals surface area contributed by atoms with Crippen LogP contribution in [-0.4, -0.2) is 9.97 Å². The number of nitrogens with two attached hydrogens (primary N) is 1. The molecule has 2 N–H and O–H groups in total. The standard InChI is InChI=1S/C15H10BrClFN3/c16-9-6-5-8(14(18)13(9)17)15(19)12-7-20-10-3-1-2-4-11(10)21-12/h1-7,15H,19H2. The van der Waals surface area contributed by atoms with Crippen LogP contribution in [0.2, 0.25) is 5.02 Å². The van der Waals surface area contributed by atoms with Gasteiger partial charge in [0.05, 0.1) is 34.0 Å². The number of benzene rings is 2. The van der Waals surface area contributed by atoms with Crippen molar-refractivity contribution in [3.63, 3.8) is 0 Å². The minimum Gasteiger partial charge on any atom is -0.319 e. The molecule has 1 unspecified atom stereocenters. The van der Waals surface area contributed by atoms with Crippen molar-refractivity contribution in [2.75, 3.05) is 0 Å². The summed E-state index contributed by atoms with van der Waals surface area (Å²) >= 11 is 9.07. The van der Waals surface area contributed by atoms with Gasteiger partial charge in [0.25, 0.3) is 0 Å². The SMILES string of the molecule is NC(c1cnc2ccccc2n1)c1ccc(Br)c(Cl)c1F. The van der Waals surface area contributed by atoms with Gasteiger partial charge in [0.1, 0.15) is 5.82 Å². The second-order valence-electron chi connectivity index (χ2n) is 4.53. The Morgan fingerprint density at radius 3 is 2.62 bits per heavy atom. The van der Waals surface area contributed by atoms with Crippen LogP contribution in [0.5, 0.6) is 0 Å². The van der Waals surface area contributed by atoms with Crippen LogP contribution in [0.25, 0.3) is 11.0 Å². The highest BCUT2D eigenvalue weighted by molar-refractivity contribution is 9.10. The molecule has 3 aromatic rings. The van der Waals surface area contributed by atoms with E-state index in [9.17, 15) is 4.39 Å². The maximum absolute atomic E-state index is 14.2. The zero-order chi connectivity index (χ0) is 15.0. The lowest BCUT2D eigenvalue weighted by molar-refractivity contribution is 0.596. The van der Waals surface area contributed by atoms with E-state index in [2.05, 4.69) is 25.9 Å². The van der Waals surface area contributed by atoms with Gasteiger partial charge in [-0.1, -0.05) is 29.8 Å². The number of hydrogen-bond donors (Lipinski definition) is 1. The molecule has 0 aliphatic carbocycles. The highest BCUT2D eigenvalue weighted by Crippen LogP contribution is 2.31. The number of fused-ring (bicyclic) bond motifs is 1. The third-order valence-electron chi connectivity index (χ3n) is 3.19. The van der Waals surface area contributed by atoms with E-state index in [0.29, 0.717) is 15.7 Å². The maximum atomic E-state index is 14.2. The van der Waals surface area contributed by atoms with Gasteiger partial charge in [-0.15, -0.1) is 0 Å². The number of para-hydroxylation sites is 2. The minimum atomic E-state index is -0.729. The quantitative estimate of drug-likeness (QED) is 0.690. The number of nitrogens with zero attached hydrogens (tertiary/aromatic N) is 2. The maximum Gasteiger partial charge on any atom is 0.148 e. The minimum absolute atomic E-state index is 0.0108. The molecule has 0 aliphatic rings. The molecule has 0 radical (unpaired) electrons. The smallest absolute Gasteiger partial charge is 0.148 e. The Morgan fingerprint density at radius 2 is 1.86 bits per heavy atom. The molecule has 0 amide bonds. The molecule has 106 valence electrons. The molecule has 0 saturated carbocycles. The van der Waals surface area contributed by atoms with Crippen molar-refractivity contribution in [1.82, 2.24) is 9.97 Å². The van der Waals surface area contributed by atoms with Crippen molar-refractivity contribution in [1.29, 1.82) is 0 Å². The molecule has 0 saturated heterocycles. The summed E-state index contributed by atoms with van der Waals surface area (Å²) in [5.74, 6) is -0.548. The summed E-state index contributed by atoms with van der Waals surface area (Å²) in [6, 6.07) is 9.96. The van der Waals surface area contributed by atoms with Gasteiger partial charge >= 0.3 is 0 Å². The summed E-state index contributed by atoms with van der Waals surface area (Å²) < 4.78 is 14.7. The van der Waals surface area contributed by atoms with E-state index in [1.807, 2.05) is 24.3 Å². The Bertz CT molecular complexity index is 825. The summed E-state index contributed by atoms with van der Waals surface area (Å²) in [4.78, 5) is 8.73. The van der Waals surface area contributed by atoms with Gasteiger partial charge in [0.15, 0.2) is 0 Å². The molecule has 3 rings (SSSR count). The Kier molecular flexibility index (Phi) is 3.89. The predicted octanol–water partition coefficient (Wildman–Crippen LogP) is 4.23. The molecule has 1 aromatic heterocycles. The molecule has 3 nitrogen and oxygen atoms in total. The van der Waals surface area contributed by atoms with E-state index >= 15 is 0 Å². The lowest BCUT2D eigenvalue weighted by Gasteiger charge is -2.14. The van der Waals surface area contributed by atoms with Gasteiger partial charge in [-0.05, 0) is 34.1 Å². The van der Waals surface area contributed by atoms with Gasteiger partial charge in [0, 0.05) is 10.0 Å². The zero-order valence-electron chi connectivity index (χ0n) is 10.7. The van der Waals surface area contributed by atoms with Crippen LogP contribution in [0.15, 0.2) is 47.1 Å². The van der Waals surface area contributed by atoms with Crippen molar-refractivity contribution in [2.45, 2.75) is 6.04 Å². The normalized spacial score (nSPS) is 12.6. The van der Waals surface area contributed by atoms with Crippen LogP contribution in [0.1, 0.15) is 17.3 Å². The second kappa shape index (κ2) is 5.67. The third kappa shape index (κ3) is 2.64. The molecular weight excluding hydrogens is 357 g/mol. The summed E-state index contributed by atoms with van der Waals surface area (Å²) in [5.41, 5.74) is 8.37. The van der Waals surface area contributed by atoms with Crippen molar-refractivity contribution in [3.8, 4) is 0 Å². The van der Waals surface area contributed by atoms with Crippen molar-refractivity contribution >= 4 is 38.6 Å². The highest BCUT2D eigenvalue weighted by atomic mass is 79.9. The first-order chi connectivity index (χ1) is 10.1. The number of rotatable bonds is 2. The third-order valence-corrected chi connectivity index (χ3v) is 4.44. The van der Waals surface area contributed by atoms with Crippen molar-refractivity contribution in [3.05, 3.63) is 69.2 Å². The lowest BCUT2D eigenvalue weighted by Crippen LogP contribution is -2.16. The average Bonchev–Trinajstić information content (AvgIpc) is 2.52. The average molecular weight is 367 g/mol. The summed E-state index contributed by atoms with van der Waals surface area (Å²) in [6.07, 6.45) is 1.56. The first-order valence-corrected chi connectivity index (χ1v) is 7.35. The first-order valence-electron chi connectivity index (χ1n) is 6.18. The Hall–Kier alpha value is -1.56. The number of halogens is 3. The molecule has 21 heavy (non-hydrogen) atoms. The van der Waals surface area contributed by atoms with Gasteiger partial charge in [0.2, 0.25) is 0 Å².